The third-order valence-corrected chi connectivity index (χ3v) is 6.80. The topological polar surface area (TPSA) is 95.1 Å². The molecular formula is C23H25ClN6O2. The number of hydrogen-bond donors (Lipinski definition) is 1. The number of carbonyl (C=O) groups excluding carboxylic acids is 2. The first kappa shape index (κ1) is 20.9. The van der Waals surface area contributed by atoms with Crippen molar-refractivity contribution in [3.8, 4) is 0 Å². The molecule has 0 bridgehead atoms. The highest BCUT2D eigenvalue weighted by Crippen LogP contribution is 2.29. The first-order valence-electron chi connectivity index (χ1n) is 11.1. The highest BCUT2D eigenvalue weighted by atomic mass is 35.5. The van der Waals surface area contributed by atoms with Gasteiger partial charge < -0.3 is 14.8 Å². The van der Waals surface area contributed by atoms with Gasteiger partial charge in [-0.3, -0.25) is 9.59 Å². The molecule has 2 aliphatic rings. The van der Waals surface area contributed by atoms with Gasteiger partial charge in [-0.25, -0.2) is 15.0 Å². The number of fused-ring (bicyclic) bond motifs is 1. The van der Waals surface area contributed by atoms with E-state index in [0.717, 1.165) is 42.9 Å². The van der Waals surface area contributed by atoms with Crippen LogP contribution in [0.4, 0.5) is 0 Å². The molecule has 0 aromatic carbocycles. The molecule has 0 radical (unpaired) electrons. The van der Waals surface area contributed by atoms with Gasteiger partial charge in [0.25, 0.3) is 5.91 Å². The van der Waals surface area contributed by atoms with Crippen molar-refractivity contribution in [2.45, 2.75) is 31.6 Å². The molecule has 2 amide bonds. The van der Waals surface area contributed by atoms with Gasteiger partial charge in [-0.15, -0.1) is 0 Å². The van der Waals surface area contributed by atoms with Crippen LogP contribution < -0.4 is 0 Å². The maximum absolute atomic E-state index is 13.1. The standard InChI is InChI=1S/C23H25ClN6O2/c24-19-4-3-17(14-26-19)23(32)30-12-7-16(8-13-30)22(31)29-10-5-15(6-11-29)20-27-18-2-1-9-25-21(18)28-20/h1-4,9,14-16H,5-8,10-13H2,(H,25,27,28). The first-order valence-corrected chi connectivity index (χ1v) is 11.5. The van der Waals surface area contributed by atoms with E-state index in [-0.39, 0.29) is 17.7 Å². The van der Waals surface area contributed by atoms with Crippen LogP contribution >= 0.6 is 11.6 Å². The lowest BCUT2D eigenvalue weighted by atomic mass is 9.91. The Morgan fingerprint density at radius 2 is 1.72 bits per heavy atom. The van der Waals surface area contributed by atoms with E-state index in [0.29, 0.717) is 42.6 Å². The van der Waals surface area contributed by atoms with Gasteiger partial charge in [0.1, 0.15) is 11.0 Å². The van der Waals surface area contributed by atoms with Gasteiger partial charge in [0.2, 0.25) is 5.91 Å². The molecular weight excluding hydrogens is 428 g/mol. The van der Waals surface area contributed by atoms with E-state index in [2.05, 4.69) is 19.9 Å². The normalized spacial score (nSPS) is 18.3. The number of nitrogens with one attached hydrogen (secondary N) is 1. The maximum Gasteiger partial charge on any atom is 0.255 e. The Labute approximate surface area is 191 Å². The molecule has 2 aliphatic heterocycles. The van der Waals surface area contributed by atoms with Crippen LogP contribution in [0, 0.1) is 5.92 Å². The van der Waals surface area contributed by atoms with Crippen LogP contribution in [-0.2, 0) is 4.79 Å². The quantitative estimate of drug-likeness (QED) is 0.615. The molecule has 3 aromatic heterocycles. The summed E-state index contributed by atoms with van der Waals surface area (Å²) in [5.74, 6) is 1.43. The summed E-state index contributed by atoms with van der Waals surface area (Å²) in [5, 5.41) is 0.367. The van der Waals surface area contributed by atoms with Crippen LogP contribution in [0.2, 0.25) is 5.15 Å². The summed E-state index contributed by atoms with van der Waals surface area (Å²) < 4.78 is 0. The zero-order valence-corrected chi connectivity index (χ0v) is 18.5. The summed E-state index contributed by atoms with van der Waals surface area (Å²) in [6, 6.07) is 7.20. The third-order valence-electron chi connectivity index (χ3n) is 6.57. The van der Waals surface area contributed by atoms with Crippen molar-refractivity contribution in [3.05, 3.63) is 53.2 Å². The number of likely N-dealkylation sites (tertiary alicyclic amines) is 2. The predicted octanol–water partition coefficient (Wildman–Crippen LogP) is 3.26. The largest absolute Gasteiger partial charge is 0.342 e. The molecule has 166 valence electrons. The first-order chi connectivity index (χ1) is 15.6. The lowest BCUT2D eigenvalue weighted by Crippen LogP contribution is -2.46. The van der Waals surface area contributed by atoms with E-state index in [9.17, 15) is 9.59 Å². The number of H-pyrrole nitrogens is 1. The van der Waals surface area contributed by atoms with Crippen molar-refractivity contribution in [1.82, 2.24) is 29.7 Å². The molecule has 0 aliphatic carbocycles. The van der Waals surface area contributed by atoms with Gasteiger partial charge in [-0.2, -0.15) is 0 Å². The minimum absolute atomic E-state index is 0.0191. The van der Waals surface area contributed by atoms with Crippen LogP contribution in [0.25, 0.3) is 11.2 Å². The molecule has 0 unspecified atom stereocenters. The lowest BCUT2D eigenvalue weighted by Gasteiger charge is -2.37. The van der Waals surface area contributed by atoms with Gasteiger partial charge in [-0.05, 0) is 49.9 Å². The molecule has 2 fully saturated rings. The summed E-state index contributed by atoms with van der Waals surface area (Å²) >= 11 is 5.81. The Morgan fingerprint density at radius 1 is 0.969 bits per heavy atom. The lowest BCUT2D eigenvalue weighted by molar-refractivity contribution is -0.138. The number of rotatable bonds is 3. The molecule has 0 saturated carbocycles. The highest BCUT2D eigenvalue weighted by Gasteiger charge is 2.33. The Balaban J connectivity index is 1.13. The monoisotopic (exact) mass is 452 g/mol. The van der Waals surface area contributed by atoms with Crippen molar-refractivity contribution in [2.24, 2.45) is 5.92 Å². The van der Waals surface area contributed by atoms with E-state index < -0.39 is 0 Å². The van der Waals surface area contributed by atoms with Gasteiger partial charge in [0.05, 0.1) is 11.1 Å². The number of halogens is 1. The van der Waals surface area contributed by atoms with E-state index >= 15 is 0 Å². The molecule has 32 heavy (non-hydrogen) atoms. The SMILES string of the molecule is O=C(c1ccc(Cl)nc1)N1CCC(C(=O)N2CCC(c3nc4ncccc4[nH]3)CC2)CC1. The van der Waals surface area contributed by atoms with Gasteiger partial charge in [0.15, 0.2) is 5.65 Å². The van der Waals surface area contributed by atoms with Gasteiger partial charge in [-0.1, -0.05) is 11.6 Å². The average molecular weight is 453 g/mol. The number of imidazole rings is 1. The van der Waals surface area contributed by atoms with E-state index in [1.54, 1.807) is 23.2 Å². The smallest absolute Gasteiger partial charge is 0.255 e. The van der Waals surface area contributed by atoms with Crippen molar-refractivity contribution < 1.29 is 9.59 Å². The molecule has 5 rings (SSSR count). The second-order valence-electron chi connectivity index (χ2n) is 8.53. The number of nitrogens with zero attached hydrogens (tertiary/aromatic N) is 5. The van der Waals surface area contributed by atoms with Crippen molar-refractivity contribution >= 4 is 34.6 Å². The van der Waals surface area contributed by atoms with Gasteiger partial charge in [0, 0.05) is 50.4 Å². The van der Waals surface area contributed by atoms with Crippen LogP contribution in [0.5, 0.6) is 0 Å². The minimum atomic E-state index is -0.0544. The fourth-order valence-electron chi connectivity index (χ4n) is 4.70. The molecule has 0 spiro atoms. The summed E-state index contributed by atoms with van der Waals surface area (Å²) in [4.78, 5) is 45.8. The number of aromatic amines is 1. The number of piperidine rings is 2. The van der Waals surface area contributed by atoms with Crippen molar-refractivity contribution in [1.29, 1.82) is 0 Å². The Hall–Kier alpha value is -3.00. The van der Waals surface area contributed by atoms with Gasteiger partial charge >= 0.3 is 0 Å². The zero-order valence-electron chi connectivity index (χ0n) is 17.7. The van der Waals surface area contributed by atoms with E-state index in [4.69, 9.17) is 11.6 Å². The molecule has 1 N–H and O–H groups in total. The van der Waals surface area contributed by atoms with E-state index in [1.165, 1.54) is 6.20 Å². The third kappa shape index (κ3) is 4.19. The maximum atomic E-state index is 13.1. The summed E-state index contributed by atoms with van der Waals surface area (Å²) in [6.07, 6.45) is 6.43. The number of aromatic nitrogens is 4. The van der Waals surface area contributed by atoms with Crippen LogP contribution in [0.15, 0.2) is 36.7 Å². The van der Waals surface area contributed by atoms with Crippen LogP contribution in [0.3, 0.4) is 0 Å². The highest BCUT2D eigenvalue weighted by molar-refractivity contribution is 6.29. The fourth-order valence-corrected chi connectivity index (χ4v) is 4.81. The molecule has 2 saturated heterocycles. The Morgan fingerprint density at radius 3 is 2.41 bits per heavy atom. The Kier molecular flexibility index (Phi) is 5.78. The van der Waals surface area contributed by atoms with Crippen LogP contribution in [-0.4, -0.2) is 67.7 Å². The fraction of sp³-hybridized carbons (Fsp3) is 0.435. The number of carbonyl (C=O) groups is 2. The second-order valence-corrected chi connectivity index (χ2v) is 8.92. The number of pyridine rings is 2. The average Bonchev–Trinajstić information content (AvgIpc) is 3.28. The van der Waals surface area contributed by atoms with Crippen molar-refractivity contribution in [2.75, 3.05) is 26.2 Å². The summed E-state index contributed by atoms with van der Waals surface area (Å²) in [6.45, 7) is 2.65. The molecule has 9 heteroatoms. The number of hydrogen-bond acceptors (Lipinski definition) is 5. The number of amides is 2. The summed E-state index contributed by atoms with van der Waals surface area (Å²) in [5.41, 5.74) is 2.23. The molecule has 3 aromatic rings. The zero-order chi connectivity index (χ0) is 22.1. The molecule has 0 atom stereocenters. The van der Waals surface area contributed by atoms with Crippen molar-refractivity contribution in [3.63, 3.8) is 0 Å². The minimum Gasteiger partial charge on any atom is -0.342 e. The van der Waals surface area contributed by atoms with Crippen LogP contribution in [0.1, 0.15) is 47.8 Å². The predicted molar refractivity (Wildman–Crippen MR) is 120 cm³/mol. The Bertz CT molecular complexity index is 1080. The molecule has 8 nitrogen and oxygen atoms in total. The summed E-state index contributed by atoms with van der Waals surface area (Å²) in [7, 11) is 0. The van der Waals surface area contributed by atoms with E-state index in [1.807, 2.05) is 17.0 Å². The molecule has 5 heterocycles. The second kappa shape index (κ2) is 8.86.